The minimum absolute atomic E-state index is 0.106. The van der Waals surface area contributed by atoms with Gasteiger partial charge in [-0.15, -0.1) is 0 Å². The molecule has 2 atom stereocenters. The number of aliphatic hydroxyl groups excluding tert-OH is 1. The van der Waals surface area contributed by atoms with Crippen LogP contribution >= 0.6 is 0 Å². The van der Waals surface area contributed by atoms with Gasteiger partial charge in [-0.3, -0.25) is 4.90 Å². The van der Waals surface area contributed by atoms with Crippen molar-refractivity contribution in [3.05, 3.63) is 0 Å². The highest BCUT2D eigenvalue weighted by molar-refractivity contribution is 4.86. The molecular formula is C13H27N3O. The summed E-state index contributed by atoms with van der Waals surface area (Å²) in [5.74, 6) is 0.980. The summed E-state index contributed by atoms with van der Waals surface area (Å²) in [7, 11) is 0. The number of hydrogen-bond acceptors (Lipinski definition) is 4. The first-order chi connectivity index (χ1) is 8.24. The zero-order valence-corrected chi connectivity index (χ0v) is 11.0. The molecule has 2 fully saturated rings. The standard InChI is InChI=1S/C13H27N3O/c1-2-12(14)13(10-17)16-7-5-15(6-8-16)9-11-3-4-11/h11-13,17H,2-10,14H2,1H3. The molecule has 0 radical (unpaired) electrons. The second kappa shape index (κ2) is 6.14. The first kappa shape index (κ1) is 13.3. The van der Waals surface area contributed by atoms with E-state index in [-0.39, 0.29) is 18.7 Å². The lowest BCUT2D eigenvalue weighted by molar-refractivity contribution is 0.0513. The summed E-state index contributed by atoms with van der Waals surface area (Å²) in [4.78, 5) is 4.94. The molecule has 0 bridgehead atoms. The van der Waals surface area contributed by atoms with Gasteiger partial charge in [0, 0.05) is 44.8 Å². The van der Waals surface area contributed by atoms with E-state index < -0.39 is 0 Å². The van der Waals surface area contributed by atoms with Gasteiger partial charge >= 0.3 is 0 Å². The fourth-order valence-corrected chi connectivity index (χ4v) is 2.74. The topological polar surface area (TPSA) is 52.7 Å². The van der Waals surface area contributed by atoms with Crippen molar-refractivity contribution in [2.24, 2.45) is 11.7 Å². The van der Waals surface area contributed by atoms with Crippen LogP contribution in [0.1, 0.15) is 26.2 Å². The number of rotatable bonds is 6. The van der Waals surface area contributed by atoms with Crippen LogP contribution in [0.3, 0.4) is 0 Å². The van der Waals surface area contributed by atoms with Crippen molar-refractivity contribution in [3.8, 4) is 0 Å². The third kappa shape index (κ3) is 3.65. The highest BCUT2D eigenvalue weighted by Crippen LogP contribution is 2.30. The van der Waals surface area contributed by atoms with Crippen LogP contribution in [0.5, 0.6) is 0 Å². The minimum Gasteiger partial charge on any atom is -0.395 e. The van der Waals surface area contributed by atoms with Crippen molar-refractivity contribution in [2.75, 3.05) is 39.3 Å². The predicted octanol–water partition coefficient (Wildman–Crippen LogP) is 0.112. The number of nitrogens with two attached hydrogens (primary N) is 1. The Morgan fingerprint density at radius 3 is 2.35 bits per heavy atom. The Labute approximate surface area is 105 Å². The summed E-state index contributed by atoms with van der Waals surface area (Å²) < 4.78 is 0. The summed E-state index contributed by atoms with van der Waals surface area (Å²) >= 11 is 0. The third-order valence-corrected chi connectivity index (χ3v) is 4.24. The number of aliphatic hydroxyl groups is 1. The molecule has 1 aliphatic heterocycles. The lowest BCUT2D eigenvalue weighted by Gasteiger charge is -2.40. The molecule has 4 nitrogen and oxygen atoms in total. The molecule has 2 rings (SSSR count). The average molecular weight is 241 g/mol. The van der Waals surface area contributed by atoms with Crippen molar-refractivity contribution >= 4 is 0 Å². The lowest BCUT2D eigenvalue weighted by atomic mass is 10.0. The molecular weight excluding hydrogens is 214 g/mol. The number of nitrogens with zero attached hydrogens (tertiary/aromatic N) is 2. The number of piperazine rings is 1. The predicted molar refractivity (Wildman–Crippen MR) is 69.9 cm³/mol. The van der Waals surface area contributed by atoms with Crippen LogP contribution in [0, 0.1) is 5.92 Å². The summed E-state index contributed by atoms with van der Waals surface area (Å²) in [5.41, 5.74) is 6.07. The highest BCUT2D eigenvalue weighted by Gasteiger charge is 2.29. The van der Waals surface area contributed by atoms with Gasteiger partial charge in [-0.2, -0.15) is 0 Å². The van der Waals surface area contributed by atoms with Crippen LogP contribution in [0.4, 0.5) is 0 Å². The Morgan fingerprint density at radius 1 is 1.24 bits per heavy atom. The molecule has 100 valence electrons. The molecule has 0 aromatic carbocycles. The van der Waals surface area contributed by atoms with E-state index in [0.717, 1.165) is 38.5 Å². The van der Waals surface area contributed by atoms with Gasteiger partial charge in [0.15, 0.2) is 0 Å². The molecule has 0 amide bonds. The molecule has 1 saturated heterocycles. The van der Waals surface area contributed by atoms with E-state index in [2.05, 4.69) is 16.7 Å². The Hall–Kier alpha value is -0.160. The van der Waals surface area contributed by atoms with Gasteiger partial charge in [0.05, 0.1) is 6.61 Å². The molecule has 2 unspecified atom stereocenters. The molecule has 0 aromatic rings. The molecule has 17 heavy (non-hydrogen) atoms. The van der Waals surface area contributed by atoms with Gasteiger partial charge in [0.1, 0.15) is 0 Å². The summed E-state index contributed by atoms with van der Waals surface area (Å²) in [5, 5.41) is 9.47. The maximum atomic E-state index is 9.47. The normalized spacial score (nSPS) is 27.0. The molecule has 1 saturated carbocycles. The second-order valence-corrected chi connectivity index (χ2v) is 5.60. The van der Waals surface area contributed by atoms with Gasteiger partial charge in [-0.25, -0.2) is 0 Å². The smallest absolute Gasteiger partial charge is 0.0601 e. The van der Waals surface area contributed by atoms with Gasteiger partial charge in [-0.05, 0) is 25.2 Å². The van der Waals surface area contributed by atoms with E-state index in [9.17, 15) is 5.11 Å². The van der Waals surface area contributed by atoms with E-state index >= 15 is 0 Å². The maximum absolute atomic E-state index is 9.47. The van der Waals surface area contributed by atoms with Crippen LogP contribution in [0.25, 0.3) is 0 Å². The van der Waals surface area contributed by atoms with Crippen molar-refractivity contribution in [1.82, 2.24) is 9.80 Å². The van der Waals surface area contributed by atoms with Crippen LogP contribution in [0.15, 0.2) is 0 Å². The van der Waals surface area contributed by atoms with E-state index in [4.69, 9.17) is 5.73 Å². The summed E-state index contributed by atoms with van der Waals surface area (Å²) in [6, 6.07) is 0.262. The fourth-order valence-electron chi connectivity index (χ4n) is 2.74. The van der Waals surface area contributed by atoms with Crippen molar-refractivity contribution in [1.29, 1.82) is 0 Å². The Kier molecular flexibility index (Phi) is 4.79. The Balaban J connectivity index is 1.75. The minimum atomic E-state index is 0.106. The fraction of sp³-hybridized carbons (Fsp3) is 1.00. The van der Waals surface area contributed by atoms with Gasteiger partial charge in [-0.1, -0.05) is 6.92 Å². The monoisotopic (exact) mass is 241 g/mol. The maximum Gasteiger partial charge on any atom is 0.0601 e. The van der Waals surface area contributed by atoms with Gasteiger partial charge in [0.2, 0.25) is 0 Å². The molecule has 4 heteroatoms. The molecule has 3 N–H and O–H groups in total. The molecule has 0 aromatic heterocycles. The lowest BCUT2D eigenvalue weighted by Crippen LogP contribution is -2.57. The molecule has 0 spiro atoms. The molecule has 1 aliphatic carbocycles. The SMILES string of the molecule is CCC(N)C(CO)N1CCN(CC2CC2)CC1. The Bertz CT molecular complexity index is 225. The third-order valence-electron chi connectivity index (χ3n) is 4.24. The molecule has 1 heterocycles. The van der Waals surface area contributed by atoms with Crippen LogP contribution in [-0.2, 0) is 0 Å². The van der Waals surface area contributed by atoms with Crippen LogP contribution in [-0.4, -0.2) is 66.3 Å². The zero-order chi connectivity index (χ0) is 12.3. The van der Waals surface area contributed by atoms with Gasteiger partial charge < -0.3 is 15.7 Å². The van der Waals surface area contributed by atoms with Crippen molar-refractivity contribution in [3.63, 3.8) is 0 Å². The highest BCUT2D eigenvalue weighted by atomic mass is 16.3. The van der Waals surface area contributed by atoms with E-state index in [0.29, 0.717) is 0 Å². The van der Waals surface area contributed by atoms with E-state index in [1.54, 1.807) is 0 Å². The first-order valence-electron chi connectivity index (χ1n) is 7.07. The summed E-state index contributed by atoms with van der Waals surface area (Å²) in [6.45, 7) is 7.98. The van der Waals surface area contributed by atoms with Gasteiger partial charge in [0.25, 0.3) is 0 Å². The van der Waals surface area contributed by atoms with Crippen molar-refractivity contribution in [2.45, 2.75) is 38.3 Å². The molecule has 2 aliphatic rings. The van der Waals surface area contributed by atoms with E-state index in [1.807, 2.05) is 0 Å². The number of hydrogen-bond donors (Lipinski definition) is 2. The average Bonchev–Trinajstić information content (AvgIpc) is 3.16. The van der Waals surface area contributed by atoms with Crippen LogP contribution in [0.2, 0.25) is 0 Å². The van der Waals surface area contributed by atoms with Crippen LogP contribution < -0.4 is 5.73 Å². The second-order valence-electron chi connectivity index (χ2n) is 5.60. The largest absolute Gasteiger partial charge is 0.395 e. The first-order valence-corrected chi connectivity index (χ1v) is 7.07. The quantitative estimate of drug-likeness (QED) is 0.693. The zero-order valence-electron chi connectivity index (χ0n) is 11.0. The summed E-state index contributed by atoms with van der Waals surface area (Å²) in [6.07, 6.45) is 3.80. The van der Waals surface area contributed by atoms with Crippen molar-refractivity contribution < 1.29 is 5.11 Å². The van der Waals surface area contributed by atoms with E-state index in [1.165, 1.54) is 19.4 Å². The Morgan fingerprint density at radius 2 is 1.88 bits per heavy atom.